The Bertz CT molecular complexity index is 660. The van der Waals surface area contributed by atoms with Crippen LogP contribution in [0.2, 0.25) is 0 Å². The molecule has 0 fully saturated rings. The highest BCUT2D eigenvalue weighted by atomic mass is 15.3. The second kappa shape index (κ2) is 4.29. The van der Waals surface area contributed by atoms with Gasteiger partial charge in [0.15, 0.2) is 5.82 Å². The lowest BCUT2D eigenvalue weighted by Crippen LogP contribution is -2.01. The minimum absolute atomic E-state index is 0.379. The van der Waals surface area contributed by atoms with Crippen LogP contribution in [0.3, 0.4) is 0 Å². The molecule has 0 radical (unpaired) electrons. The van der Waals surface area contributed by atoms with Gasteiger partial charge in [0.05, 0.1) is 18.6 Å². The van der Waals surface area contributed by atoms with Crippen LogP contribution in [-0.4, -0.2) is 19.7 Å². The summed E-state index contributed by atoms with van der Waals surface area (Å²) in [5, 5.41) is 4.26. The van der Waals surface area contributed by atoms with Crippen LogP contribution in [0.15, 0.2) is 55.1 Å². The molecule has 2 heterocycles. The van der Waals surface area contributed by atoms with E-state index in [1.807, 2.05) is 36.5 Å². The molecule has 2 aromatic heterocycles. The van der Waals surface area contributed by atoms with E-state index in [4.69, 9.17) is 5.73 Å². The summed E-state index contributed by atoms with van der Waals surface area (Å²) in [7, 11) is 0. The van der Waals surface area contributed by atoms with Crippen molar-refractivity contribution in [1.82, 2.24) is 19.7 Å². The summed E-state index contributed by atoms with van der Waals surface area (Å²) in [6.45, 7) is 0. The van der Waals surface area contributed by atoms with Gasteiger partial charge in [-0.15, -0.1) is 0 Å². The van der Waals surface area contributed by atoms with Crippen LogP contribution in [-0.2, 0) is 0 Å². The summed E-state index contributed by atoms with van der Waals surface area (Å²) in [5.41, 5.74) is 7.74. The van der Waals surface area contributed by atoms with Crippen LogP contribution in [0.4, 0.5) is 5.82 Å². The van der Waals surface area contributed by atoms with E-state index in [1.165, 1.54) is 6.20 Å². The first-order chi connectivity index (χ1) is 8.83. The Morgan fingerprint density at radius 3 is 2.56 bits per heavy atom. The van der Waals surface area contributed by atoms with Crippen molar-refractivity contribution in [1.29, 1.82) is 0 Å². The van der Waals surface area contributed by atoms with Gasteiger partial charge in [-0.25, -0.2) is 9.67 Å². The zero-order chi connectivity index (χ0) is 12.4. The third-order valence-electron chi connectivity index (χ3n) is 2.56. The third-order valence-corrected chi connectivity index (χ3v) is 2.56. The molecule has 0 spiro atoms. The molecule has 0 aliphatic heterocycles. The number of aromatic nitrogens is 4. The van der Waals surface area contributed by atoms with Gasteiger partial charge in [-0.3, -0.25) is 4.98 Å². The molecule has 0 saturated carbocycles. The molecular formula is C13H11N5. The maximum Gasteiger partial charge on any atom is 0.173 e. The largest absolute Gasteiger partial charge is 0.382 e. The van der Waals surface area contributed by atoms with Crippen molar-refractivity contribution in [2.24, 2.45) is 0 Å². The smallest absolute Gasteiger partial charge is 0.173 e. The number of hydrogen-bond acceptors (Lipinski definition) is 4. The van der Waals surface area contributed by atoms with E-state index in [1.54, 1.807) is 17.1 Å². The van der Waals surface area contributed by atoms with Crippen LogP contribution in [0.5, 0.6) is 0 Å². The molecule has 0 unspecified atom stereocenters. The summed E-state index contributed by atoms with van der Waals surface area (Å²) < 4.78 is 1.66. The molecule has 0 aliphatic rings. The van der Waals surface area contributed by atoms with Gasteiger partial charge in [0, 0.05) is 11.8 Å². The topological polar surface area (TPSA) is 69.6 Å². The van der Waals surface area contributed by atoms with E-state index in [0.717, 1.165) is 11.1 Å². The Balaban J connectivity index is 2.00. The first-order valence-corrected chi connectivity index (χ1v) is 5.51. The minimum atomic E-state index is 0.379. The number of anilines is 1. The average Bonchev–Trinajstić information content (AvgIpc) is 2.89. The highest BCUT2D eigenvalue weighted by Gasteiger charge is 2.04. The van der Waals surface area contributed by atoms with E-state index >= 15 is 0 Å². The monoisotopic (exact) mass is 237 g/mol. The van der Waals surface area contributed by atoms with Gasteiger partial charge in [0.1, 0.15) is 5.82 Å². The van der Waals surface area contributed by atoms with Crippen molar-refractivity contribution in [2.75, 3.05) is 5.73 Å². The number of rotatable bonds is 2. The lowest BCUT2D eigenvalue weighted by molar-refractivity contribution is 0.840. The van der Waals surface area contributed by atoms with Crippen LogP contribution >= 0.6 is 0 Å². The Kier molecular flexibility index (Phi) is 2.49. The molecule has 88 valence electrons. The molecule has 5 nitrogen and oxygen atoms in total. The standard InChI is InChI=1S/C13H11N5/c14-12-7-15-8-13(17-12)18-9-11(6-16-18)10-4-2-1-3-5-10/h1-9H,(H2,14,17). The Hall–Kier alpha value is -2.69. The number of nitrogen functional groups attached to an aromatic ring is 1. The molecule has 2 N–H and O–H groups in total. The zero-order valence-corrected chi connectivity index (χ0v) is 9.56. The maximum absolute atomic E-state index is 5.60. The van der Waals surface area contributed by atoms with Crippen LogP contribution in [0.25, 0.3) is 16.9 Å². The van der Waals surface area contributed by atoms with E-state index < -0.39 is 0 Å². The molecule has 0 aliphatic carbocycles. The van der Waals surface area contributed by atoms with Gasteiger partial charge in [0.25, 0.3) is 0 Å². The summed E-state index contributed by atoms with van der Waals surface area (Å²) in [5.74, 6) is 0.987. The van der Waals surface area contributed by atoms with Crippen molar-refractivity contribution in [3.8, 4) is 16.9 Å². The normalized spacial score (nSPS) is 10.4. The molecule has 1 aromatic carbocycles. The second-order valence-corrected chi connectivity index (χ2v) is 3.84. The maximum atomic E-state index is 5.60. The number of benzene rings is 1. The molecule has 0 atom stereocenters. The number of nitrogens with two attached hydrogens (primary N) is 1. The SMILES string of the molecule is Nc1cncc(-n2cc(-c3ccccc3)cn2)n1. The van der Waals surface area contributed by atoms with Gasteiger partial charge >= 0.3 is 0 Å². The lowest BCUT2D eigenvalue weighted by atomic mass is 10.1. The van der Waals surface area contributed by atoms with Crippen molar-refractivity contribution in [3.63, 3.8) is 0 Å². The molecule has 5 heteroatoms. The first kappa shape index (κ1) is 10.5. The van der Waals surface area contributed by atoms with E-state index in [0.29, 0.717) is 11.6 Å². The minimum Gasteiger partial charge on any atom is -0.382 e. The lowest BCUT2D eigenvalue weighted by Gasteiger charge is -1.99. The van der Waals surface area contributed by atoms with Crippen molar-refractivity contribution in [3.05, 3.63) is 55.1 Å². The molecule has 0 amide bonds. The zero-order valence-electron chi connectivity index (χ0n) is 9.56. The van der Waals surface area contributed by atoms with Crippen molar-refractivity contribution < 1.29 is 0 Å². The van der Waals surface area contributed by atoms with Gasteiger partial charge in [0.2, 0.25) is 0 Å². The molecule has 3 rings (SSSR count). The van der Waals surface area contributed by atoms with E-state index in [2.05, 4.69) is 15.1 Å². The Labute approximate surface area is 104 Å². The Morgan fingerprint density at radius 1 is 0.944 bits per heavy atom. The van der Waals surface area contributed by atoms with E-state index in [9.17, 15) is 0 Å². The van der Waals surface area contributed by atoms with Gasteiger partial charge in [-0.2, -0.15) is 5.10 Å². The average molecular weight is 237 g/mol. The molecule has 3 aromatic rings. The van der Waals surface area contributed by atoms with Crippen LogP contribution in [0, 0.1) is 0 Å². The summed E-state index contributed by atoms with van der Waals surface area (Å²) in [6.07, 6.45) is 6.82. The third kappa shape index (κ3) is 1.93. The fourth-order valence-corrected chi connectivity index (χ4v) is 1.71. The van der Waals surface area contributed by atoms with Gasteiger partial charge < -0.3 is 5.73 Å². The highest BCUT2D eigenvalue weighted by Crippen LogP contribution is 2.18. The fourth-order valence-electron chi connectivity index (χ4n) is 1.71. The first-order valence-electron chi connectivity index (χ1n) is 5.51. The molecular weight excluding hydrogens is 226 g/mol. The van der Waals surface area contributed by atoms with Gasteiger partial charge in [-0.1, -0.05) is 30.3 Å². The summed E-state index contributed by atoms with van der Waals surface area (Å²) in [6, 6.07) is 10.0. The highest BCUT2D eigenvalue weighted by molar-refractivity contribution is 5.61. The van der Waals surface area contributed by atoms with Gasteiger partial charge in [-0.05, 0) is 5.56 Å². The summed E-state index contributed by atoms with van der Waals surface area (Å²) >= 11 is 0. The molecule has 0 saturated heterocycles. The second-order valence-electron chi connectivity index (χ2n) is 3.84. The Morgan fingerprint density at radius 2 is 1.78 bits per heavy atom. The number of hydrogen-bond donors (Lipinski definition) is 1. The predicted octanol–water partition coefficient (Wildman–Crippen LogP) is 1.91. The summed E-state index contributed by atoms with van der Waals surface area (Å²) in [4.78, 5) is 8.16. The van der Waals surface area contributed by atoms with E-state index in [-0.39, 0.29) is 0 Å². The van der Waals surface area contributed by atoms with Crippen LogP contribution in [0.1, 0.15) is 0 Å². The molecule has 18 heavy (non-hydrogen) atoms. The van der Waals surface area contributed by atoms with Crippen LogP contribution < -0.4 is 5.73 Å². The quantitative estimate of drug-likeness (QED) is 0.739. The molecule has 0 bridgehead atoms. The predicted molar refractivity (Wildman–Crippen MR) is 69.0 cm³/mol. The van der Waals surface area contributed by atoms with Crippen molar-refractivity contribution in [2.45, 2.75) is 0 Å². The fraction of sp³-hybridized carbons (Fsp3) is 0. The number of nitrogens with zero attached hydrogens (tertiary/aromatic N) is 4. The van der Waals surface area contributed by atoms with Crippen molar-refractivity contribution >= 4 is 5.82 Å².